The number of hydrogen-bond donors (Lipinski definition) is 1. The van der Waals surface area contributed by atoms with Gasteiger partial charge in [-0.25, -0.2) is 9.78 Å². The van der Waals surface area contributed by atoms with Crippen molar-refractivity contribution in [2.45, 2.75) is 39.7 Å². The van der Waals surface area contributed by atoms with E-state index in [4.69, 9.17) is 4.42 Å². The van der Waals surface area contributed by atoms with E-state index in [0.717, 1.165) is 29.0 Å². The molecular formula is C23H23N3O3S. The number of carbonyl (C=O) groups is 1. The molecule has 6 nitrogen and oxygen atoms in total. The van der Waals surface area contributed by atoms with E-state index in [2.05, 4.69) is 41.5 Å². The first-order valence-electron chi connectivity index (χ1n) is 10.00. The number of benzene rings is 2. The topological polar surface area (TPSA) is 77.1 Å². The van der Waals surface area contributed by atoms with Crippen LogP contribution in [0.3, 0.4) is 0 Å². The fourth-order valence-corrected chi connectivity index (χ4v) is 4.31. The lowest BCUT2D eigenvalue weighted by molar-refractivity contribution is -0.116. The van der Waals surface area contributed by atoms with Crippen LogP contribution in [0.1, 0.15) is 30.2 Å². The summed E-state index contributed by atoms with van der Waals surface area (Å²) in [6, 6.07) is 15.6. The van der Waals surface area contributed by atoms with Crippen LogP contribution in [0, 0.1) is 6.92 Å². The number of rotatable bonds is 7. The number of thiazole rings is 1. The Kier molecular flexibility index (Phi) is 5.81. The monoisotopic (exact) mass is 421 g/mol. The second-order valence-corrected chi connectivity index (χ2v) is 8.36. The van der Waals surface area contributed by atoms with Crippen molar-refractivity contribution in [1.29, 1.82) is 0 Å². The molecule has 0 aliphatic heterocycles. The Bertz CT molecular complexity index is 1230. The lowest BCUT2D eigenvalue weighted by Crippen LogP contribution is -2.19. The second-order valence-electron chi connectivity index (χ2n) is 7.16. The molecule has 0 spiro atoms. The van der Waals surface area contributed by atoms with Crippen molar-refractivity contribution < 1.29 is 9.21 Å². The molecule has 4 aromatic rings. The van der Waals surface area contributed by atoms with E-state index in [0.29, 0.717) is 16.2 Å². The molecule has 154 valence electrons. The zero-order chi connectivity index (χ0) is 21.1. The van der Waals surface area contributed by atoms with Crippen LogP contribution in [-0.2, 0) is 17.8 Å². The summed E-state index contributed by atoms with van der Waals surface area (Å²) in [7, 11) is 0. The van der Waals surface area contributed by atoms with Crippen LogP contribution >= 0.6 is 11.3 Å². The lowest BCUT2D eigenvalue weighted by Gasteiger charge is -2.03. The van der Waals surface area contributed by atoms with Gasteiger partial charge in [0.2, 0.25) is 5.91 Å². The Labute approximate surface area is 178 Å². The summed E-state index contributed by atoms with van der Waals surface area (Å²) in [6.07, 6.45) is 2.34. The number of aryl methyl sites for hydroxylation is 3. The summed E-state index contributed by atoms with van der Waals surface area (Å²) in [4.78, 5) is 30.1. The standard InChI is InChI=1S/C23H23N3O3S/c1-3-6-16-9-11-17(12-10-16)21-15(2)30-22(25-21)24-20(27)13-14-26-18-7-4-5-8-19(18)29-23(26)28/h4-5,7-12H,3,6,13-14H2,1-2H3,(H,24,25,27). The van der Waals surface area contributed by atoms with E-state index < -0.39 is 5.76 Å². The Morgan fingerprint density at radius 1 is 1.17 bits per heavy atom. The highest BCUT2D eigenvalue weighted by atomic mass is 32.1. The molecule has 0 aliphatic rings. The molecular weight excluding hydrogens is 398 g/mol. The molecule has 0 unspecified atom stereocenters. The third-order valence-electron chi connectivity index (χ3n) is 4.95. The van der Waals surface area contributed by atoms with Gasteiger partial charge in [0.25, 0.3) is 0 Å². The first-order valence-corrected chi connectivity index (χ1v) is 10.8. The third kappa shape index (κ3) is 4.21. The Morgan fingerprint density at radius 2 is 1.93 bits per heavy atom. The van der Waals surface area contributed by atoms with Crippen molar-refractivity contribution in [3.63, 3.8) is 0 Å². The van der Waals surface area contributed by atoms with E-state index in [1.807, 2.05) is 19.1 Å². The van der Waals surface area contributed by atoms with Crippen molar-refractivity contribution in [2.75, 3.05) is 5.32 Å². The first kappa shape index (κ1) is 20.1. The summed E-state index contributed by atoms with van der Waals surface area (Å²) in [6.45, 7) is 4.41. The smallest absolute Gasteiger partial charge is 0.408 e. The quantitative estimate of drug-likeness (QED) is 0.455. The van der Waals surface area contributed by atoms with E-state index in [-0.39, 0.29) is 18.9 Å². The Morgan fingerprint density at radius 3 is 2.70 bits per heavy atom. The highest BCUT2D eigenvalue weighted by Crippen LogP contribution is 2.30. The predicted octanol–water partition coefficient (Wildman–Crippen LogP) is 5.01. The average Bonchev–Trinajstić information content (AvgIpc) is 3.25. The summed E-state index contributed by atoms with van der Waals surface area (Å²) >= 11 is 1.45. The van der Waals surface area contributed by atoms with Crippen LogP contribution in [0.15, 0.2) is 57.7 Å². The largest absolute Gasteiger partial charge is 0.419 e. The molecule has 7 heteroatoms. The van der Waals surface area contributed by atoms with Gasteiger partial charge in [0.15, 0.2) is 10.7 Å². The highest BCUT2D eigenvalue weighted by Gasteiger charge is 2.14. The van der Waals surface area contributed by atoms with E-state index in [1.54, 1.807) is 12.1 Å². The molecule has 2 heterocycles. The van der Waals surface area contributed by atoms with E-state index >= 15 is 0 Å². The molecule has 0 fully saturated rings. The maximum atomic E-state index is 12.4. The number of aromatic nitrogens is 2. The number of amides is 1. The number of fused-ring (bicyclic) bond motifs is 1. The summed E-state index contributed by atoms with van der Waals surface area (Å²) in [5.41, 5.74) is 4.45. The Hall–Kier alpha value is -3.19. The molecule has 2 aromatic heterocycles. The SMILES string of the molecule is CCCc1ccc(-c2nc(NC(=O)CCn3c(=O)oc4ccccc43)sc2C)cc1. The van der Waals surface area contributed by atoms with Crippen LogP contribution in [0.2, 0.25) is 0 Å². The molecule has 0 aliphatic carbocycles. The summed E-state index contributed by atoms with van der Waals surface area (Å²) < 4.78 is 6.68. The molecule has 0 saturated heterocycles. The van der Waals surface area contributed by atoms with Crippen molar-refractivity contribution in [3.05, 3.63) is 69.5 Å². The van der Waals surface area contributed by atoms with E-state index in [1.165, 1.54) is 21.5 Å². The van der Waals surface area contributed by atoms with Gasteiger partial charge < -0.3 is 9.73 Å². The number of carbonyl (C=O) groups excluding carboxylic acids is 1. The summed E-state index contributed by atoms with van der Waals surface area (Å²) in [5.74, 6) is -0.645. The number of hydrogen-bond acceptors (Lipinski definition) is 5. The maximum Gasteiger partial charge on any atom is 0.419 e. The van der Waals surface area contributed by atoms with Gasteiger partial charge in [-0.3, -0.25) is 9.36 Å². The van der Waals surface area contributed by atoms with Crippen molar-refractivity contribution in [3.8, 4) is 11.3 Å². The van der Waals surface area contributed by atoms with Gasteiger partial charge in [-0.2, -0.15) is 0 Å². The molecule has 1 N–H and O–H groups in total. The molecule has 0 bridgehead atoms. The zero-order valence-corrected chi connectivity index (χ0v) is 17.8. The second kappa shape index (κ2) is 8.67. The first-order chi connectivity index (χ1) is 14.5. The van der Waals surface area contributed by atoms with Crippen LogP contribution in [0.25, 0.3) is 22.4 Å². The number of para-hydroxylation sites is 2. The highest BCUT2D eigenvalue weighted by molar-refractivity contribution is 7.16. The van der Waals surface area contributed by atoms with Crippen molar-refractivity contribution >= 4 is 33.5 Å². The van der Waals surface area contributed by atoms with Crippen LogP contribution in [-0.4, -0.2) is 15.5 Å². The van der Waals surface area contributed by atoms with Gasteiger partial charge in [-0.15, -0.1) is 11.3 Å². The molecule has 0 radical (unpaired) electrons. The molecule has 4 rings (SSSR count). The minimum absolute atomic E-state index is 0.156. The average molecular weight is 422 g/mol. The third-order valence-corrected chi connectivity index (χ3v) is 5.83. The normalized spacial score (nSPS) is 11.1. The van der Waals surface area contributed by atoms with Gasteiger partial charge in [-0.05, 0) is 31.0 Å². The molecule has 0 atom stereocenters. The lowest BCUT2D eigenvalue weighted by atomic mass is 10.1. The number of oxazole rings is 1. The molecule has 0 saturated carbocycles. The predicted molar refractivity (Wildman–Crippen MR) is 120 cm³/mol. The van der Waals surface area contributed by atoms with Crippen molar-refractivity contribution in [1.82, 2.24) is 9.55 Å². The fraction of sp³-hybridized carbons (Fsp3) is 0.261. The van der Waals surface area contributed by atoms with Gasteiger partial charge in [0.05, 0.1) is 11.2 Å². The maximum absolute atomic E-state index is 12.4. The summed E-state index contributed by atoms with van der Waals surface area (Å²) in [5, 5.41) is 3.42. The van der Waals surface area contributed by atoms with Crippen molar-refractivity contribution in [2.24, 2.45) is 0 Å². The minimum atomic E-state index is -0.456. The number of nitrogens with zero attached hydrogens (tertiary/aromatic N) is 2. The van der Waals surface area contributed by atoms with Gasteiger partial charge >= 0.3 is 5.76 Å². The van der Waals surface area contributed by atoms with Crippen LogP contribution in [0.5, 0.6) is 0 Å². The van der Waals surface area contributed by atoms with E-state index in [9.17, 15) is 9.59 Å². The molecule has 2 aromatic carbocycles. The van der Waals surface area contributed by atoms with Gasteiger partial charge in [0.1, 0.15) is 0 Å². The molecule has 1 amide bonds. The zero-order valence-electron chi connectivity index (χ0n) is 17.0. The minimum Gasteiger partial charge on any atom is -0.408 e. The number of anilines is 1. The van der Waals surface area contributed by atoms with Gasteiger partial charge in [-0.1, -0.05) is 49.7 Å². The fourth-order valence-electron chi connectivity index (χ4n) is 3.46. The van der Waals surface area contributed by atoms with Crippen LogP contribution < -0.4 is 11.1 Å². The Balaban J connectivity index is 1.43. The van der Waals surface area contributed by atoms with Crippen LogP contribution in [0.4, 0.5) is 5.13 Å². The number of nitrogens with one attached hydrogen (secondary N) is 1. The molecule has 30 heavy (non-hydrogen) atoms. The van der Waals surface area contributed by atoms with Gasteiger partial charge in [0, 0.05) is 23.4 Å².